The van der Waals surface area contributed by atoms with Gasteiger partial charge in [0.2, 0.25) is 5.91 Å². The van der Waals surface area contributed by atoms with Crippen molar-refractivity contribution < 1.29 is 13.2 Å². The van der Waals surface area contributed by atoms with Crippen LogP contribution in [0.3, 0.4) is 0 Å². The zero-order valence-corrected chi connectivity index (χ0v) is 20.3. The molecule has 0 aliphatic heterocycles. The summed E-state index contributed by atoms with van der Waals surface area (Å²) in [5, 5.41) is 3.24. The van der Waals surface area contributed by atoms with Crippen molar-refractivity contribution in [2.75, 3.05) is 16.2 Å². The van der Waals surface area contributed by atoms with Crippen molar-refractivity contribution in [1.82, 2.24) is 0 Å². The molecule has 0 aliphatic rings. The summed E-state index contributed by atoms with van der Waals surface area (Å²) in [4.78, 5) is 12.9. The van der Waals surface area contributed by atoms with Gasteiger partial charge in [-0.25, -0.2) is 8.42 Å². The van der Waals surface area contributed by atoms with Crippen molar-refractivity contribution in [2.24, 2.45) is 0 Å². The van der Waals surface area contributed by atoms with Gasteiger partial charge < -0.3 is 5.32 Å². The molecule has 0 radical (unpaired) electrons. The summed E-state index contributed by atoms with van der Waals surface area (Å²) < 4.78 is 28.7. The minimum atomic E-state index is -4.07. The number of carbonyl (C=O) groups excluding carboxylic acids is 1. The first-order chi connectivity index (χ1) is 14.2. The van der Waals surface area contributed by atoms with Gasteiger partial charge >= 0.3 is 0 Å². The van der Waals surface area contributed by atoms with Crippen molar-refractivity contribution in [2.45, 2.75) is 11.8 Å². The van der Waals surface area contributed by atoms with E-state index < -0.39 is 22.5 Å². The maximum Gasteiger partial charge on any atom is 0.264 e. The van der Waals surface area contributed by atoms with Gasteiger partial charge in [-0.3, -0.25) is 9.10 Å². The second-order valence-corrected chi connectivity index (χ2v) is 10.4. The van der Waals surface area contributed by atoms with E-state index in [2.05, 4.69) is 27.9 Å². The minimum absolute atomic E-state index is 0.0410. The molecule has 0 fully saturated rings. The maximum absolute atomic E-state index is 13.3. The maximum atomic E-state index is 13.3. The third-order valence-electron chi connectivity index (χ3n) is 4.26. The summed E-state index contributed by atoms with van der Waals surface area (Å²) in [5.74, 6) is -0.505. The van der Waals surface area contributed by atoms with Crippen LogP contribution in [-0.2, 0) is 14.8 Å². The molecule has 3 rings (SSSR count). The Balaban J connectivity index is 1.99. The van der Waals surface area contributed by atoms with Gasteiger partial charge in [0.25, 0.3) is 10.0 Å². The van der Waals surface area contributed by atoms with Crippen LogP contribution in [-0.4, -0.2) is 20.9 Å². The minimum Gasteiger partial charge on any atom is -0.324 e. The standard InChI is InChI=1S/C21H17Cl2IN2O3S/c1-14-11-16(24)8-10-19(14)25-21(27)13-26(20-12-15(22)7-9-18(20)23)30(28,29)17-5-3-2-4-6-17/h2-12H,13H2,1H3,(H,25,27). The largest absolute Gasteiger partial charge is 0.324 e. The van der Waals surface area contributed by atoms with E-state index >= 15 is 0 Å². The summed E-state index contributed by atoms with van der Waals surface area (Å²) >= 11 is 14.5. The van der Waals surface area contributed by atoms with E-state index in [1.54, 1.807) is 30.3 Å². The summed E-state index contributed by atoms with van der Waals surface area (Å²) in [6.07, 6.45) is 0. The zero-order chi connectivity index (χ0) is 21.9. The fourth-order valence-electron chi connectivity index (χ4n) is 2.78. The number of rotatable bonds is 6. The first kappa shape index (κ1) is 22.9. The van der Waals surface area contributed by atoms with Gasteiger partial charge in [0, 0.05) is 14.3 Å². The number of carbonyl (C=O) groups is 1. The van der Waals surface area contributed by atoms with Crippen LogP contribution >= 0.6 is 45.8 Å². The van der Waals surface area contributed by atoms with Crippen LogP contribution < -0.4 is 9.62 Å². The second kappa shape index (κ2) is 9.55. The van der Waals surface area contributed by atoms with Crippen LogP contribution in [0.2, 0.25) is 10.0 Å². The summed E-state index contributed by atoms with van der Waals surface area (Å²) in [7, 11) is -4.07. The SMILES string of the molecule is Cc1cc(I)ccc1NC(=O)CN(c1cc(Cl)ccc1Cl)S(=O)(=O)c1ccccc1. The number of hydrogen-bond acceptors (Lipinski definition) is 3. The molecule has 3 aromatic carbocycles. The summed E-state index contributed by atoms with van der Waals surface area (Å²) in [6.45, 7) is 1.40. The lowest BCUT2D eigenvalue weighted by Crippen LogP contribution is -2.38. The van der Waals surface area contributed by atoms with Crippen LogP contribution in [0.15, 0.2) is 71.6 Å². The fourth-order valence-corrected chi connectivity index (χ4v) is 5.32. The van der Waals surface area contributed by atoms with Gasteiger partial charge in [0.15, 0.2) is 0 Å². The first-order valence-corrected chi connectivity index (χ1v) is 12.0. The molecule has 1 amide bonds. The van der Waals surface area contributed by atoms with Crippen molar-refractivity contribution in [3.05, 3.63) is 85.9 Å². The molecule has 0 saturated heterocycles. The Hall–Kier alpha value is -1.81. The fraction of sp³-hybridized carbons (Fsp3) is 0.0952. The molecule has 0 heterocycles. The number of benzene rings is 3. The smallest absolute Gasteiger partial charge is 0.264 e. The molecular weight excluding hydrogens is 558 g/mol. The van der Waals surface area contributed by atoms with Crippen LogP contribution in [0.4, 0.5) is 11.4 Å². The Bertz CT molecular complexity index is 1190. The molecule has 5 nitrogen and oxygen atoms in total. The lowest BCUT2D eigenvalue weighted by molar-refractivity contribution is -0.114. The predicted octanol–water partition coefficient (Wildman–Crippen LogP) is 5.74. The van der Waals surface area contributed by atoms with Gasteiger partial charge in [0.1, 0.15) is 6.54 Å². The zero-order valence-electron chi connectivity index (χ0n) is 15.8. The van der Waals surface area contributed by atoms with Gasteiger partial charge in [-0.1, -0.05) is 41.4 Å². The first-order valence-electron chi connectivity index (χ1n) is 8.77. The third-order valence-corrected chi connectivity index (χ3v) is 7.26. The molecule has 0 aliphatic carbocycles. The number of nitrogens with one attached hydrogen (secondary N) is 1. The molecule has 0 saturated carbocycles. The average Bonchev–Trinajstić information content (AvgIpc) is 2.71. The number of halogens is 3. The van der Waals surface area contributed by atoms with Gasteiger partial charge in [-0.05, 0) is 83.6 Å². The molecule has 0 unspecified atom stereocenters. The Morgan fingerprint density at radius 3 is 2.40 bits per heavy atom. The number of aryl methyl sites for hydroxylation is 1. The highest BCUT2D eigenvalue weighted by atomic mass is 127. The van der Waals surface area contributed by atoms with Crippen molar-refractivity contribution in [3.8, 4) is 0 Å². The lowest BCUT2D eigenvalue weighted by Gasteiger charge is -2.25. The van der Waals surface area contributed by atoms with E-state index in [4.69, 9.17) is 23.2 Å². The van der Waals surface area contributed by atoms with E-state index in [1.807, 2.05) is 19.1 Å². The van der Waals surface area contributed by atoms with Crippen LogP contribution in [0.25, 0.3) is 0 Å². The van der Waals surface area contributed by atoms with Gasteiger partial charge in [-0.2, -0.15) is 0 Å². The molecule has 1 N–H and O–H groups in total. The number of amides is 1. The molecular formula is C21H17Cl2IN2O3S. The average molecular weight is 575 g/mol. The van der Waals surface area contributed by atoms with Crippen molar-refractivity contribution in [1.29, 1.82) is 0 Å². The molecule has 3 aromatic rings. The van der Waals surface area contributed by atoms with E-state index in [0.717, 1.165) is 13.4 Å². The third kappa shape index (κ3) is 5.26. The van der Waals surface area contributed by atoms with E-state index in [9.17, 15) is 13.2 Å². The number of hydrogen-bond donors (Lipinski definition) is 1. The molecule has 0 spiro atoms. The molecule has 0 aromatic heterocycles. The lowest BCUT2D eigenvalue weighted by atomic mass is 10.2. The Kier molecular flexibility index (Phi) is 7.28. The number of anilines is 2. The van der Waals surface area contributed by atoms with Gasteiger partial charge in [-0.15, -0.1) is 0 Å². The highest BCUT2D eigenvalue weighted by molar-refractivity contribution is 14.1. The summed E-state index contributed by atoms with van der Waals surface area (Å²) in [5.41, 5.74) is 1.60. The topological polar surface area (TPSA) is 66.5 Å². The van der Waals surface area contributed by atoms with Crippen LogP contribution in [0, 0.1) is 10.5 Å². The Labute approximate surface area is 199 Å². The predicted molar refractivity (Wildman–Crippen MR) is 130 cm³/mol. The van der Waals surface area contributed by atoms with Crippen LogP contribution in [0.1, 0.15) is 5.56 Å². The molecule has 156 valence electrons. The van der Waals surface area contributed by atoms with Crippen molar-refractivity contribution in [3.63, 3.8) is 0 Å². The van der Waals surface area contributed by atoms with Gasteiger partial charge in [0.05, 0.1) is 15.6 Å². The quantitative estimate of drug-likeness (QED) is 0.382. The monoisotopic (exact) mass is 574 g/mol. The number of nitrogens with zero attached hydrogens (tertiary/aromatic N) is 1. The van der Waals surface area contributed by atoms with E-state index in [-0.39, 0.29) is 15.6 Å². The molecule has 0 atom stereocenters. The molecule has 0 bridgehead atoms. The highest BCUT2D eigenvalue weighted by Gasteiger charge is 2.29. The normalized spacial score (nSPS) is 11.2. The van der Waals surface area contributed by atoms with Crippen molar-refractivity contribution >= 4 is 73.1 Å². The van der Waals surface area contributed by atoms with Crippen LogP contribution in [0.5, 0.6) is 0 Å². The molecule has 9 heteroatoms. The Morgan fingerprint density at radius 1 is 1.03 bits per heavy atom. The highest BCUT2D eigenvalue weighted by Crippen LogP contribution is 2.33. The van der Waals surface area contributed by atoms with E-state index in [0.29, 0.717) is 10.7 Å². The summed E-state index contributed by atoms with van der Waals surface area (Å²) in [6, 6.07) is 17.9. The number of sulfonamides is 1. The molecule has 30 heavy (non-hydrogen) atoms. The Morgan fingerprint density at radius 2 is 1.73 bits per heavy atom. The second-order valence-electron chi connectivity index (χ2n) is 6.43. The van der Waals surface area contributed by atoms with E-state index in [1.165, 1.54) is 24.3 Å².